The maximum atomic E-state index is 6.70. The molecule has 2 aliphatic heterocycles. The van der Waals surface area contributed by atoms with Crippen LogP contribution in [-0.4, -0.2) is 75.8 Å². The molecule has 0 radical (unpaired) electrons. The molecule has 2 atom stereocenters. The summed E-state index contributed by atoms with van der Waals surface area (Å²) in [5, 5.41) is 0. The average Bonchev–Trinajstić information content (AvgIpc) is 2.78. The van der Waals surface area contributed by atoms with Crippen LogP contribution in [0.1, 0.15) is 0 Å². The van der Waals surface area contributed by atoms with E-state index < -0.39 is 17.9 Å². The van der Waals surface area contributed by atoms with Crippen molar-refractivity contribution in [3.05, 3.63) is 13.9 Å². The second kappa shape index (κ2) is 6.46. The quantitative estimate of drug-likeness (QED) is 0.348. The van der Waals surface area contributed by atoms with Gasteiger partial charge in [-0.05, 0) is 0 Å². The Labute approximate surface area is 121 Å². The van der Waals surface area contributed by atoms with Crippen LogP contribution in [-0.2, 0) is 17.9 Å². The van der Waals surface area contributed by atoms with Crippen LogP contribution in [0.2, 0.25) is 0 Å². The predicted molar refractivity (Wildman–Crippen MR) is 65.2 cm³/mol. The van der Waals surface area contributed by atoms with Crippen molar-refractivity contribution in [3.63, 3.8) is 0 Å². The van der Waals surface area contributed by atoms with Gasteiger partial charge in [-0.1, -0.05) is 0 Å². The zero-order valence-electron chi connectivity index (χ0n) is 6.20. The zero-order chi connectivity index (χ0) is 9.31. The van der Waals surface area contributed by atoms with E-state index in [4.69, 9.17) is 17.0 Å². The molecule has 2 unspecified atom stereocenters. The molecule has 0 saturated heterocycles. The molecule has 68 valence electrons. The zero-order valence-corrected chi connectivity index (χ0v) is 21.9. The molecule has 0 fully saturated rings. The van der Waals surface area contributed by atoms with Crippen LogP contribution >= 0.6 is 17.0 Å². The second-order valence-corrected chi connectivity index (χ2v) is 63.1. The average molecular weight is 664 g/mol. The monoisotopic (exact) mass is 661 g/mol. The van der Waals surface area contributed by atoms with E-state index >= 15 is 0 Å². The number of halogens is 2. The summed E-state index contributed by atoms with van der Waals surface area (Å²) in [6.07, 6.45) is 0. The summed E-state index contributed by atoms with van der Waals surface area (Å²) >= 11 is 0.589. The Morgan fingerprint density at radius 1 is 1.00 bits per heavy atom. The molecule has 0 N–H and O–H groups in total. The molecule has 0 saturated carbocycles. The fourth-order valence-corrected chi connectivity index (χ4v) is 155. The van der Waals surface area contributed by atoms with Gasteiger partial charge in [0.1, 0.15) is 0 Å². The van der Waals surface area contributed by atoms with Gasteiger partial charge in [-0.2, -0.15) is 0 Å². The van der Waals surface area contributed by atoms with E-state index in [2.05, 4.69) is 9.73 Å². The SMILES string of the molecule is [Cl][Zr]([Cl])([C]1=C[AsH][As]=[As]1)[C]1=C[AsH][As]=[As]1. The molecule has 0 aromatic heterocycles. The molecule has 0 amide bonds. The van der Waals surface area contributed by atoms with E-state index in [1.165, 1.54) is 0 Å². The van der Waals surface area contributed by atoms with Gasteiger partial charge in [-0.3, -0.25) is 0 Å². The summed E-state index contributed by atoms with van der Waals surface area (Å²) in [6.45, 7) is 0. The van der Waals surface area contributed by atoms with Gasteiger partial charge in [0.2, 0.25) is 0 Å². The Morgan fingerprint density at radius 2 is 1.46 bits per heavy atom. The molecule has 2 rings (SSSR count). The third kappa shape index (κ3) is 3.63. The van der Waals surface area contributed by atoms with E-state index in [9.17, 15) is 0 Å². The van der Waals surface area contributed by atoms with Crippen LogP contribution in [0.5, 0.6) is 0 Å². The van der Waals surface area contributed by atoms with Gasteiger partial charge < -0.3 is 0 Å². The minimum atomic E-state index is -2.74. The third-order valence-electron chi connectivity index (χ3n) is 1.48. The first-order valence-corrected chi connectivity index (χ1v) is 38.4. The summed E-state index contributed by atoms with van der Waals surface area (Å²) in [6, 6.07) is 0. The molecule has 9 heteroatoms. The van der Waals surface area contributed by atoms with Crippen molar-refractivity contribution >= 4 is 92.8 Å². The fraction of sp³-hybridized carbons (Fsp3) is 0. The van der Waals surface area contributed by atoms with Crippen LogP contribution in [0.4, 0.5) is 0 Å². The van der Waals surface area contributed by atoms with Crippen LogP contribution in [0.3, 0.4) is 0 Å². The molecule has 0 aliphatic carbocycles. The minimum absolute atomic E-state index is 0.358. The van der Waals surface area contributed by atoms with Crippen molar-refractivity contribution in [1.82, 2.24) is 0 Å². The standard InChI is InChI=1S/2C2H2As3.2ClH.Zr/c2*1-2-4-5-3-1;;;/h2*1,3H;2*1H;/q;;;;+2/p-2. The summed E-state index contributed by atoms with van der Waals surface area (Å²) in [4.78, 5) is 5.10. The van der Waals surface area contributed by atoms with Gasteiger partial charge in [0.25, 0.3) is 0 Å². The van der Waals surface area contributed by atoms with Gasteiger partial charge in [0.15, 0.2) is 0 Å². The van der Waals surface area contributed by atoms with E-state index in [1.807, 2.05) is 0 Å². The first-order valence-electron chi connectivity index (χ1n) is 3.33. The molecule has 0 aromatic rings. The Morgan fingerprint density at radius 3 is 1.77 bits per heavy atom. The molecule has 0 aromatic carbocycles. The van der Waals surface area contributed by atoms with Crippen LogP contribution < -0.4 is 0 Å². The predicted octanol–water partition coefficient (Wildman–Crippen LogP) is -0.577. The van der Waals surface area contributed by atoms with Crippen LogP contribution in [0.25, 0.3) is 0 Å². The summed E-state index contributed by atoms with van der Waals surface area (Å²) in [5.74, 6) is 0. The number of hydrogen-bond donors (Lipinski definition) is 0. The molecular weight excluding hydrogens is 660 g/mol. The van der Waals surface area contributed by atoms with Crippen molar-refractivity contribution in [2.45, 2.75) is 0 Å². The van der Waals surface area contributed by atoms with Crippen molar-refractivity contribution in [2.24, 2.45) is 0 Å². The second-order valence-electron chi connectivity index (χ2n) is 2.29. The first kappa shape index (κ1) is 13.7. The topological polar surface area (TPSA) is 0 Å². The van der Waals surface area contributed by atoms with Crippen molar-refractivity contribution in [1.29, 1.82) is 0 Å². The van der Waals surface area contributed by atoms with Crippen LogP contribution in [0.15, 0.2) is 13.9 Å². The Balaban J connectivity index is 2.29. The molecule has 0 spiro atoms. The normalized spacial score (nSPS) is 29.4. The molecule has 13 heavy (non-hydrogen) atoms. The van der Waals surface area contributed by atoms with Gasteiger partial charge in [-0.15, -0.1) is 0 Å². The van der Waals surface area contributed by atoms with E-state index in [-0.39, 0.29) is 0 Å². The Hall–Kier alpha value is 4.29. The van der Waals surface area contributed by atoms with Crippen LogP contribution in [0, 0.1) is 0 Å². The number of rotatable bonds is 2. The first-order chi connectivity index (χ1) is 6.21. The van der Waals surface area contributed by atoms with Gasteiger partial charge in [0.05, 0.1) is 0 Å². The summed E-state index contributed by atoms with van der Waals surface area (Å²) in [5.41, 5.74) is 0. The molecule has 2 heterocycles. The van der Waals surface area contributed by atoms with Crippen molar-refractivity contribution < 1.29 is 17.9 Å². The van der Waals surface area contributed by atoms with Crippen molar-refractivity contribution in [2.75, 3.05) is 0 Å². The van der Waals surface area contributed by atoms with E-state index in [0.29, 0.717) is 53.6 Å². The van der Waals surface area contributed by atoms with E-state index in [1.54, 1.807) is 4.14 Å². The van der Waals surface area contributed by atoms with E-state index in [0.717, 1.165) is 22.1 Å². The fourth-order valence-electron chi connectivity index (χ4n) is 0.841. The molecular formula is C4H4As6Cl2Zr. The van der Waals surface area contributed by atoms with Crippen molar-refractivity contribution in [3.8, 4) is 0 Å². The summed E-state index contributed by atoms with van der Waals surface area (Å²) < 4.78 is 3.37. The Bertz CT molecular complexity index is 313. The van der Waals surface area contributed by atoms with Gasteiger partial charge in [-0.25, -0.2) is 0 Å². The maximum absolute atomic E-state index is 6.70. The van der Waals surface area contributed by atoms with Gasteiger partial charge in [0, 0.05) is 0 Å². The van der Waals surface area contributed by atoms with Gasteiger partial charge >= 0.3 is 125 Å². The Kier molecular flexibility index (Phi) is 6.81. The molecule has 0 nitrogen and oxygen atoms in total. The summed E-state index contributed by atoms with van der Waals surface area (Å²) in [7, 11) is 13.4. The molecule has 0 bridgehead atoms. The number of hydrogen-bond acceptors (Lipinski definition) is 0. The molecule has 2 aliphatic rings. The third-order valence-corrected chi connectivity index (χ3v) is 84.5.